The topological polar surface area (TPSA) is 76.5 Å². The molecule has 2 heterocycles. The van der Waals surface area contributed by atoms with Crippen molar-refractivity contribution in [3.63, 3.8) is 0 Å². The number of nitrogens with zero attached hydrogens (tertiary/aromatic N) is 2. The van der Waals surface area contributed by atoms with E-state index in [0.29, 0.717) is 24.6 Å². The van der Waals surface area contributed by atoms with Crippen LogP contribution in [0.3, 0.4) is 0 Å². The van der Waals surface area contributed by atoms with Gasteiger partial charge in [-0.3, -0.25) is 10.3 Å². The fourth-order valence-corrected chi connectivity index (χ4v) is 3.35. The van der Waals surface area contributed by atoms with Crippen molar-refractivity contribution < 1.29 is 14.2 Å². The van der Waals surface area contributed by atoms with Gasteiger partial charge in [0, 0.05) is 18.7 Å². The molecule has 7 nitrogen and oxygen atoms in total. The zero-order valence-electron chi connectivity index (χ0n) is 16.0. The predicted octanol–water partition coefficient (Wildman–Crippen LogP) is 2.35. The van der Waals surface area contributed by atoms with Crippen molar-refractivity contribution in [2.75, 3.05) is 20.8 Å². The highest BCUT2D eigenvalue weighted by molar-refractivity contribution is 5.98. The van der Waals surface area contributed by atoms with Crippen LogP contribution < -0.4 is 24.8 Å². The number of methoxy groups -OCH3 is 2. The summed E-state index contributed by atoms with van der Waals surface area (Å²) in [4.78, 5) is 9.23. The van der Waals surface area contributed by atoms with Crippen LogP contribution in [0.2, 0.25) is 0 Å². The second kappa shape index (κ2) is 8.31. The van der Waals surface area contributed by atoms with Crippen LogP contribution >= 0.6 is 0 Å². The molecule has 2 aliphatic heterocycles. The van der Waals surface area contributed by atoms with Gasteiger partial charge in [0.25, 0.3) is 0 Å². The molecule has 146 valence electrons. The Hall–Kier alpha value is -3.06. The monoisotopic (exact) mass is 380 g/mol. The minimum absolute atomic E-state index is 0.181. The Balaban J connectivity index is 1.58. The van der Waals surface area contributed by atoms with Gasteiger partial charge in [0.1, 0.15) is 29.1 Å². The molecule has 2 atom stereocenters. The average molecular weight is 380 g/mol. The number of allylic oxidation sites excluding steroid dienone is 4. The lowest BCUT2D eigenvalue weighted by Gasteiger charge is -2.27. The predicted molar refractivity (Wildman–Crippen MR) is 109 cm³/mol. The molecule has 0 aromatic heterocycles. The van der Waals surface area contributed by atoms with Crippen LogP contribution in [0, 0.1) is 0 Å². The number of hydrogen-bond donors (Lipinski definition) is 2. The Kier molecular flexibility index (Phi) is 5.43. The number of hydrogen-bond acceptors (Lipinski definition) is 6. The Morgan fingerprint density at radius 3 is 3.04 bits per heavy atom. The highest BCUT2D eigenvalue weighted by Gasteiger charge is 2.34. The zero-order valence-corrected chi connectivity index (χ0v) is 16.0. The molecule has 28 heavy (non-hydrogen) atoms. The molecule has 1 aromatic rings. The van der Waals surface area contributed by atoms with E-state index in [9.17, 15) is 0 Å². The van der Waals surface area contributed by atoms with Crippen molar-refractivity contribution in [3.8, 4) is 17.2 Å². The summed E-state index contributed by atoms with van der Waals surface area (Å²) in [5, 5.41) is 6.67. The largest absolute Gasteiger partial charge is 0.496 e. The van der Waals surface area contributed by atoms with E-state index in [1.807, 2.05) is 12.1 Å². The molecular formula is C21H24N4O3. The quantitative estimate of drug-likeness (QED) is 0.839. The van der Waals surface area contributed by atoms with Gasteiger partial charge >= 0.3 is 0 Å². The van der Waals surface area contributed by atoms with Crippen LogP contribution in [0.5, 0.6) is 17.2 Å². The van der Waals surface area contributed by atoms with E-state index < -0.39 is 6.23 Å². The van der Waals surface area contributed by atoms with Crippen molar-refractivity contribution in [3.05, 3.63) is 53.6 Å². The van der Waals surface area contributed by atoms with Gasteiger partial charge in [0.05, 0.1) is 32.7 Å². The Bertz CT molecular complexity index is 886. The Labute approximate surface area is 164 Å². The van der Waals surface area contributed by atoms with Crippen LogP contribution in [0.4, 0.5) is 0 Å². The van der Waals surface area contributed by atoms with Gasteiger partial charge in [-0.15, -0.1) is 0 Å². The van der Waals surface area contributed by atoms with Crippen LogP contribution in [0.25, 0.3) is 0 Å². The zero-order chi connectivity index (χ0) is 19.3. The molecule has 4 rings (SSSR count). The van der Waals surface area contributed by atoms with Gasteiger partial charge < -0.3 is 19.5 Å². The van der Waals surface area contributed by atoms with Crippen LogP contribution in [0.1, 0.15) is 12.0 Å². The number of ether oxygens (including phenoxy) is 3. The number of benzene rings is 1. The van der Waals surface area contributed by atoms with E-state index in [2.05, 4.69) is 46.0 Å². The van der Waals surface area contributed by atoms with Gasteiger partial charge in [-0.25, -0.2) is 4.99 Å². The minimum atomic E-state index is -0.420. The molecule has 0 amide bonds. The second-order valence-corrected chi connectivity index (χ2v) is 6.61. The first kappa shape index (κ1) is 18.3. The molecule has 7 heteroatoms. The first-order valence-electron chi connectivity index (χ1n) is 9.28. The normalized spacial score (nSPS) is 24.2. The average Bonchev–Trinajstić information content (AvgIpc) is 3.10. The maximum Gasteiger partial charge on any atom is 0.213 e. The number of amidine groups is 1. The smallest absolute Gasteiger partial charge is 0.213 e. The third kappa shape index (κ3) is 3.80. The van der Waals surface area contributed by atoms with Crippen molar-refractivity contribution in [2.45, 2.75) is 25.2 Å². The van der Waals surface area contributed by atoms with E-state index >= 15 is 0 Å². The molecule has 2 unspecified atom stereocenters. The van der Waals surface area contributed by atoms with E-state index in [4.69, 9.17) is 19.2 Å². The van der Waals surface area contributed by atoms with E-state index in [0.717, 1.165) is 29.1 Å². The lowest BCUT2D eigenvalue weighted by molar-refractivity contribution is 0.192. The van der Waals surface area contributed by atoms with Crippen LogP contribution in [0.15, 0.2) is 58.1 Å². The SMILES string of the molecule is COc1cc(OC)c2c(c1)OC1N=CNC(=NCC3=CC=CCC=C3)C1NC2. The molecule has 0 radical (unpaired) electrons. The summed E-state index contributed by atoms with van der Waals surface area (Å²) in [6.45, 7) is 1.16. The van der Waals surface area contributed by atoms with Gasteiger partial charge in [-0.05, 0) is 12.0 Å². The van der Waals surface area contributed by atoms with Gasteiger partial charge in [-0.1, -0.05) is 30.4 Å². The Morgan fingerprint density at radius 1 is 1.25 bits per heavy atom. The summed E-state index contributed by atoms with van der Waals surface area (Å²) >= 11 is 0. The summed E-state index contributed by atoms with van der Waals surface area (Å²) in [5.74, 6) is 2.91. The van der Waals surface area contributed by atoms with Crippen molar-refractivity contribution in [1.82, 2.24) is 10.6 Å². The molecule has 2 N–H and O–H groups in total. The summed E-state index contributed by atoms with van der Waals surface area (Å²) in [6, 6.07) is 3.54. The van der Waals surface area contributed by atoms with Crippen molar-refractivity contribution >= 4 is 12.2 Å². The fraction of sp³-hybridized carbons (Fsp3) is 0.333. The number of rotatable bonds is 4. The summed E-state index contributed by atoms with van der Waals surface area (Å²) < 4.78 is 17.1. The first-order valence-corrected chi connectivity index (χ1v) is 9.28. The minimum Gasteiger partial charge on any atom is -0.496 e. The number of nitrogens with one attached hydrogen (secondary N) is 2. The number of fused-ring (bicyclic) bond motifs is 2. The van der Waals surface area contributed by atoms with Crippen molar-refractivity contribution in [2.24, 2.45) is 9.98 Å². The third-order valence-electron chi connectivity index (χ3n) is 4.84. The molecule has 0 bridgehead atoms. The lowest BCUT2D eigenvalue weighted by atomic mass is 10.1. The summed E-state index contributed by atoms with van der Waals surface area (Å²) in [7, 11) is 3.26. The third-order valence-corrected chi connectivity index (χ3v) is 4.84. The summed E-state index contributed by atoms with van der Waals surface area (Å²) in [6.07, 6.45) is 12.7. The van der Waals surface area contributed by atoms with Gasteiger partial charge in [-0.2, -0.15) is 0 Å². The lowest BCUT2D eigenvalue weighted by Crippen LogP contribution is -2.54. The van der Waals surface area contributed by atoms with E-state index in [1.54, 1.807) is 20.6 Å². The molecule has 0 spiro atoms. The number of aliphatic imine (C=N–C) groups is 2. The molecule has 1 aliphatic carbocycles. The highest BCUT2D eigenvalue weighted by Crippen LogP contribution is 2.36. The maximum atomic E-state index is 6.21. The van der Waals surface area contributed by atoms with Crippen molar-refractivity contribution in [1.29, 1.82) is 0 Å². The molecule has 0 fully saturated rings. The van der Waals surface area contributed by atoms with Crippen LogP contribution in [-0.2, 0) is 6.54 Å². The van der Waals surface area contributed by atoms with Gasteiger partial charge in [0.15, 0.2) is 0 Å². The maximum absolute atomic E-state index is 6.21. The molecule has 0 saturated carbocycles. The molecular weight excluding hydrogens is 356 g/mol. The fourth-order valence-electron chi connectivity index (χ4n) is 3.35. The molecule has 3 aliphatic rings. The standard InChI is InChI=1S/C21H24N4O3/c1-26-15-9-17(27-2)16-12-22-19-20(23-11-14-7-5-3-4-6-8-14)24-13-25-21(19)28-18(16)10-15/h3,5-10,13,19,21-22H,4,11-12H2,1-2H3,(H,23,24,25). The van der Waals surface area contributed by atoms with E-state index in [1.165, 1.54) is 0 Å². The van der Waals surface area contributed by atoms with E-state index in [-0.39, 0.29) is 6.04 Å². The summed E-state index contributed by atoms with van der Waals surface area (Å²) in [5.41, 5.74) is 2.10. The highest BCUT2D eigenvalue weighted by atomic mass is 16.5. The second-order valence-electron chi connectivity index (χ2n) is 6.61. The molecule has 1 aromatic carbocycles. The molecule has 0 saturated heterocycles. The van der Waals surface area contributed by atoms with Gasteiger partial charge in [0.2, 0.25) is 6.23 Å². The first-order chi connectivity index (χ1) is 13.8. The Morgan fingerprint density at radius 2 is 2.18 bits per heavy atom. The van der Waals surface area contributed by atoms with Crippen LogP contribution in [-0.4, -0.2) is 45.2 Å².